The Morgan fingerprint density at radius 1 is 1.34 bits per heavy atom. The summed E-state index contributed by atoms with van der Waals surface area (Å²) in [5, 5.41) is 20.2. The summed E-state index contributed by atoms with van der Waals surface area (Å²) in [5.74, 6) is 0.982. The van der Waals surface area contributed by atoms with E-state index in [1.54, 1.807) is 17.0 Å². The van der Waals surface area contributed by atoms with E-state index in [-0.39, 0.29) is 23.3 Å². The molecule has 2 aromatic carbocycles. The quantitative estimate of drug-likeness (QED) is 0.602. The summed E-state index contributed by atoms with van der Waals surface area (Å²) in [6, 6.07) is 8.44. The molecule has 0 aliphatic carbocycles. The highest BCUT2D eigenvalue weighted by Gasteiger charge is 2.35. The van der Waals surface area contributed by atoms with Gasteiger partial charge < -0.3 is 19.6 Å². The minimum atomic E-state index is -0.111. The Labute approximate surface area is 188 Å². The topological polar surface area (TPSA) is 103 Å². The highest BCUT2D eigenvalue weighted by molar-refractivity contribution is 6.36. The number of nitrogens with zero attached hydrogens (tertiary/aromatic N) is 5. The van der Waals surface area contributed by atoms with Gasteiger partial charge in [0.15, 0.2) is 5.75 Å². The smallest absolute Gasteiger partial charge is 0.246 e. The van der Waals surface area contributed by atoms with Crippen LogP contribution in [0.15, 0.2) is 43.2 Å². The van der Waals surface area contributed by atoms with Gasteiger partial charge >= 0.3 is 0 Å². The summed E-state index contributed by atoms with van der Waals surface area (Å²) in [5.41, 5.74) is 2.11. The number of ether oxygens (including phenoxy) is 1. The Balaban J connectivity index is 1.64. The molecule has 1 aromatic heterocycles. The monoisotopic (exact) mass is 447 g/mol. The lowest BCUT2D eigenvalue weighted by atomic mass is 10.0. The predicted molar refractivity (Wildman–Crippen MR) is 120 cm³/mol. The Hall–Kier alpha value is -3.83. The number of amides is 1. The van der Waals surface area contributed by atoms with Gasteiger partial charge in [0.2, 0.25) is 5.91 Å². The molecule has 1 amide bonds. The van der Waals surface area contributed by atoms with E-state index in [1.165, 1.54) is 18.5 Å². The van der Waals surface area contributed by atoms with Crippen LogP contribution < -0.4 is 9.64 Å². The Bertz CT molecular complexity index is 1320. The van der Waals surface area contributed by atoms with E-state index in [2.05, 4.69) is 21.4 Å². The van der Waals surface area contributed by atoms with E-state index >= 15 is 0 Å². The van der Waals surface area contributed by atoms with Gasteiger partial charge in [0, 0.05) is 25.2 Å². The first-order valence-electron chi connectivity index (χ1n) is 10.0. The van der Waals surface area contributed by atoms with Crippen LogP contribution in [0.2, 0.25) is 5.02 Å². The number of hydrogen-bond acceptors (Lipinski definition) is 7. The molecule has 32 heavy (non-hydrogen) atoms. The van der Waals surface area contributed by atoms with Gasteiger partial charge in [-0.05, 0) is 29.8 Å². The number of carbonyl (C=O) groups excluding carboxylic acids is 1. The second kappa shape index (κ2) is 7.70. The van der Waals surface area contributed by atoms with E-state index in [4.69, 9.17) is 16.3 Å². The van der Waals surface area contributed by atoms with Crippen molar-refractivity contribution in [2.45, 2.75) is 6.04 Å². The van der Waals surface area contributed by atoms with Crippen molar-refractivity contribution in [3.63, 3.8) is 0 Å². The zero-order valence-electron chi connectivity index (χ0n) is 17.0. The second-order valence-electron chi connectivity index (χ2n) is 7.65. The van der Waals surface area contributed by atoms with Gasteiger partial charge in [0.1, 0.15) is 30.6 Å². The van der Waals surface area contributed by atoms with Crippen LogP contribution in [0.3, 0.4) is 0 Å². The van der Waals surface area contributed by atoms with E-state index in [0.717, 1.165) is 5.82 Å². The average molecular weight is 448 g/mol. The molecule has 9 heteroatoms. The number of benzene rings is 2. The molecule has 0 radical (unpaired) electrons. The van der Waals surface area contributed by atoms with Crippen LogP contribution in [0.4, 0.5) is 5.82 Å². The maximum atomic E-state index is 12.1. The summed E-state index contributed by atoms with van der Waals surface area (Å²) in [6.45, 7) is 5.53. The first kappa shape index (κ1) is 20.1. The molecular formula is C23H18ClN5O3. The molecule has 1 atom stereocenters. The molecule has 160 valence electrons. The number of hydrogen-bond donors (Lipinski definition) is 1. The van der Waals surface area contributed by atoms with Gasteiger partial charge in [-0.1, -0.05) is 24.2 Å². The molecule has 1 fully saturated rings. The number of nitriles is 1. The SMILES string of the molecule is C=CC(=O)N1CCN2c3ncnc4cc(-c5ccc(O)c(C#N)c5)c(Cl)c(c34)OC[C@@H]2C1. The van der Waals surface area contributed by atoms with Crippen molar-refractivity contribution in [3.8, 4) is 28.7 Å². The first-order valence-corrected chi connectivity index (χ1v) is 10.4. The fraction of sp³-hybridized carbons (Fsp3) is 0.217. The van der Waals surface area contributed by atoms with Gasteiger partial charge in [0.05, 0.1) is 27.5 Å². The number of aromatic nitrogens is 2. The lowest BCUT2D eigenvalue weighted by Gasteiger charge is -2.40. The molecule has 0 spiro atoms. The standard InChI is InChI=1S/C23H18ClN5O3/c1-2-19(31)28-5-6-29-15(10-28)11-32-22-20-17(26-12-27-23(20)29)8-16(21(22)24)13-3-4-18(30)14(7-13)9-25/h2-4,7-8,12,15,30H,1,5-6,10-11H2/t15-/m0/s1. The number of phenolic OH excluding ortho intramolecular Hbond substituents is 1. The number of phenols is 1. The first-order chi connectivity index (χ1) is 15.5. The van der Waals surface area contributed by atoms with Crippen LogP contribution in [-0.4, -0.2) is 58.2 Å². The van der Waals surface area contributed by atoms with Crippen molar-refractivity contribution >= 4 is 34.2 Å². The third-order valence-electron chi connectivity index (χ3n) is 5.89. The zero-order valence-corrected chi connectivity index (χ0v) is 17.7. The summed E-state index contributed by atoms with van der Waals surface area (Å²) < 4.78 is 6.19. The summed E-state index contributed by atoms with van der Waals surface area (Å²) in [6.07, 6.45) is 2.82. The zero-order chi connectivity index (χ0) is 22.4. The van der Waals surface area contributed by atoms with Crippen LogP contribution in [-0.2, 0) is 4.79 Å². The minimum absolute atomic E-state index is 0.0948. The maximum Gasteiger partial charge on any atom is 0.246 e. The molecule has 5 rings (SSSR count). The van der Waals surface area contributed by atoms with Crippen molar-refractivity contribution in [3.05, 3.63) is 53.8 Å². The van der Waals surface area contributed by atoms with E-state index < -0.39 is 0 Å². The fourth-order valence-corrected chi connectivity index (χ4v) is 4.60. The van der Waals surface area contributed by atoms with Crippen molar-refractivity contribution in [2.24, 2.45) is 0 Å². The number of anilines is 1. The van der Waals surface area contributed by atoms with Crippen LogP contribution in [0.25, 0.3) is 22.0 Å². The third kappa shape index (κ3) is 3.10. The number of rotatable bonds is 2. The fourth-order valence-electron chi connectivity index (χ4n) is 4.29. The average Bonchev–Trinajstić information content (AvgIpc) is 2.99. The van der Waals surface area contributed by atoms with Crippen LogP contribution in [0.1, 0.15) is 5.56 Å². The van der Waals surface area contributed by atoms with Gasteiger partial charge in [-0.15, -0.1) is 0 Å². The summed E-state index contributed by atoms with van der Waals surface area (Å²) in [4.78, 5) is 25.0. The van der Waals surface area contributed by atoms with E-state index in [9.17, 15) is 15.2 Å². The molecule has 3 aromatic rings. The highest BCUT2D eigenvalue weighted by atomic mass is 35.5. The molecule has 1 saturated heterocycles. The maximum absolute atomic E-state index is 12.1. The molecule has 8 nitrogen and oxygen atoms in total. The van der Waals surface area contributed by atoms with Crippen molar-refractivity contribution < 1.29 is 14.6 Å². The lowest BCUT2D eigenvalue weighted by Crippen LogP contribution is -2.56. The Morgan fingerprint density at radius 3 is 2.97 bits per heavy atom. The number of halogens is 1. The molecule has 1 N–H and O–H groups in total. The molecule has 2 aliphatic heterocycles. The van der Waals surface area contributed by atoms with Gasteiger partial charge in [-0.25, -0.2) is 9.97 Å². The summed E-state index contributed by atoms with van der Waals surface area (Å²) in [7, 11) is 0. The lowest BCUT2D eigenvalue weighted by molar-refractivity contribution is -0.126. The molecule has 3 heterocycles. The number of aromatic hydroxyl groups is 1. The number of piperazine rings is 1. The largest absolute Gasteiger partial charge is 0.507 e. The molecule has 2 aliphatic rings. The molecule has 0 bridgehead atoms. The highest BCUT2D eigenvalue weighted by Crippen LogP contribution is 2.46. The number of carbonyl (C=O) groups is 1. The molecule has 0 unspecified atom stereocenters. The minimum Gasteiger partial charge on any atom is -0.507 e. The van der Waals surface area contributed by atoms with E-state index in [1.807, 2.05) is 12.1 Å². The third-order valence-corrected chi connectivity index (χ3v) is 6.26. The van der Waals surface area contributed by atoms with Crippen molar-refractivity contribution in [2.75, 3.05) is 31.1 Å². The normalized spacial score (nSPS) is 17.2. The summed E-state index contributed by atoms with van der Waals surface area (Å²) >= 11 is 6.81. The van der Waals surface area contributed by atoms with Gasteiger partial charge in [-0.3, -0.25) is 4.79 Å². The van der Waals surface area contributed by atoms with Gasteiger partial charge in [-0.2, -0.15) is 5.26 Å². The van der Waals surface area contributed by atoms with Crippen LogP contribution in [0.5, 0.6) is 11.5 Å². The molecule has 0 saturated carbocycles. The Kier molecular flexibility index (Phi) is 4.83. The number of fused-ring (bicyclic) bond motifs is 2. The predicted octanol–water partition coefficient (Wildman–Crippen LogP) is 3.12. The van der Waals surface area contributed by atoms with Crippen molar-refractivity contribution in [1.82, 2.24) is 14.9 Å². The van der Waals surface area contributed by atoms with Crippen LogP contribution >= 0.6 is 11.6 Å². The second-order valence-corrected chi connectivity index (χ2v) is 8.03. The van der Waals surface area contributed by atoms with Gasteiger partial charge in [0.25, 0.3) is 0 Å². The molecular weight excluding hydrogens is 430 g/mol. The van der Waals surface area contributed by atoms with Crippen LogP contribution in [0, 0.1) is 11.3 Å². The van der Waals surface area contributed by atoms with Crippen molar-refractivity contribution in [1.29, 1.82) is 5.26 Å². The van der Waals surface area contributed by atoms with E-state index in [0.29, 0.717) is 59.0 Å². The Morgan fingerprint density at radius 2 is 2.19 bits per heavy atom.